The Labute approximate surface area is 257 Å². The number of anilines is 1. The number of halogens is 1. The van der Waals surface area contributed by atoms with Gasteiger partial charge in [-0.25, -0.2) is 0 Å². The molecule has 8 nitrogen and oxygen atoms in total. The Hall–Kier alpha value is -2.84. The van der Waals surface area contributed by atoms with Gasteiger partial charge in [0.25, 0.3) is 0 Å². The quantitative estimate of drug-likeness (QED) is 0.391. The number of hydrogen-bond acceptors (Lipinski definition) is 6. The van der Waals surface area contributed by atoms with Crippen LogP contribution in [0.2, 0.25) is 0 Å². The second-order valence-corrected chi connectivity index (χ2v) is 12.3. The van der Waals surface area contributed by atoms with Gasteiger partial charge in [-0.15, -0.1) is 12.4 Å². The molecule has 3 aliphatic heterocycles. The molecular formula is C33H48ClN5O3. The molecule has 0 aromatic heterocycles. The van der Waals surface area contributed by atoms with Crippen LogP contribution in [0.15, 0.2) is 53.6 Å². The van der Waals surface area contributed by atoms with Crippen molar-refractivity contribution in [3.63, 3.8) is 0 Å². The van der Waals surface area contributed by atoms with Crippen molar-refractivity contribution in [2.24, 2.45) is 11.8 Å². The molecule has 1 saturated carbocycles. The lowest BCUT2D eigenvalue weighted by Gasteiger charge is -2.47. The van der Waals surface area contributed by atoms with Gasteiger partial charge in [-0.1, -0.05) is 50.8 Å². The molecule has 230 valence electrons. The van der Waals surface area contributed by atoms with Gasteiger partial charge in [0.05, 0.1) is 6.67 Å². The van der Waals surface area contributed by atoms with Gasteiger partial charge in [0.2, 0.25) is 11.8 Å². The fourth-order valence-electron chi connectivity index (χ4n) is 7.27. The number of hydrogen-bond donors (Lipinski definition) is 1. The van der Waals surface area contributed by atoms with Crippen LogP contribution in [0.1, 0.15) is 78.6 Å². The Morgan fingerprint density at radius 2 is 1.64 bits per heavy atom. The molecule has 0 radical (unpaired) electrons. The summed E-state index contributed by atoms with van der Waals surface area (Å²) in [7, 11) is 0. The Bertz CT molecular complexity index is 1160. The summed E-state index contributed by atoms with van der Waals surface area (Å²) in [5, 5.41) is 3.20. The molecule has 42 heavy (non-hydrogen) atoms. The average molecular weight is 598 g/mol. The van der Waals surface area contributed by atoms with Crippen LogP contribution in [-0.4, -0.2) is 71.2 Å². The Kier molecular flexibility index (Phi) is 11.1. The summed E-state index contributed by atoms with van der Waals surface area (Å²) in [4.78, 5) is 48.1. The lowest BCUT2D eigenvalue weighted by atomic mass is 9.80. The minimum absolute atomic E-state index is 0. The van der Waals surface area contributed by atoms with E-state index < -0.39 is 0 Å². The first-order valence-corrected chi connectivity index (χ1v) is 15.7. The molecule has 0 bridgehead atoms. The van der Waals surface area contributed by atoms with Crippen molar-refractivity contribution < 1.29 is 14.4 Å². The Morgan fingerprint density at radius 3 is 2.29 bits per heavy atom. The lowest BCUT2D eigenvalue weighted by Crippen LogP contribution is -2.67. The number of carbonyl (C=O) groups is 3. The number of allylic oxidation sites excluding steroid dienone is 3. The first-order valence-electron chi connectivity index (χ1n) is 15.7. The van der Waals surface area contributed by atoms with Gasteiger partial charge in [-0.3, -0.25) is 19.3 Å². The van der Waals surface area contributed by atoms with E-state index in [9.17, 15) is 14.4 Å². The number of piperazine rings is 1. The third-order valence-electron chi connectivity index (χ3n) is 9.67. The highest BCUT2D eigenvalue weighted by atomic mass is 35.5. The van der Waals surface area contributed by atoms with Gasteiger partial charge < -0.3 is 20.0 Å². The van der Waals surface area contributed by atoms with Crippen LogP contribution in [0, 0.1) is 11.8 Å². The van der Waals surface area contributed by atoms with Crippen molar-refractivity contribution in [3.8, 4) is 0 Å². The van der Waals surface area contributed by atoms with E-state index in [1.165, 1.54) is 6.42 Å². The molecule has 1 aliphatic carbocycles. The van der Waals surface area contributed by atoms with Crippen LogP contribution < -0.4 is 10.2 Å². The van der Waals surface area contributed by atoms with E-state index in [1.54, 1.807) is 0 Å². The number of nitrogens with zero attached hydrogens (tertiary/aromatic N) is 4. The number of unbranched alkanes of at least 4 members (excludes halogenated alkanes) is 1. The van der Waals surface area contributed by atoms with E-state index in [-0.39, 0.29) is 48.1 Å². The molecule has 1 aromatic rings. The summed E-state index contributed by atoms with van der Waals surface area (Å²) in [6.07, 6.45) is 12.3. The van der Waals surface area contributed by atoms with Crippen molar-refractivity contribution >= 4 is 36.2 Å². The van der Waals surface area contributed by atoms with Crippen LogP contribution in [0.5, 0.6) is 0 Å². The monoisotopic (exact) mass is 597 g/mol. The van der Waals surface area contributed by atoms with Gasteiger partial charge in [0, 0.05) is 42.9 Å². The van der Waals surface area contributed by atoms with Crippen molar-refractivity contribution in [1.82, 2.24) is 20.0 Å². The van der Waals surface area contributed by atoms with Crippen molar-refractivity contribution in [1.29, 1.82) is 0 Å². The molecule has 2 amide bonds. The topological polar surface area (TPSA) is 76.2 Å². The first-order chi connectivity index (χ1) is 19.9. The molecule has 0 spiro atoms. The number of amides is 2. The van der Waals surface area contributed by atoms with E-state index in [0.29, 0.717) is 18.9 Å². The summed E-state index contributed by atoms with van der Waals surface area (Å²) in [6.45, 7) is 9.31. The standard InChI is InChI=1S/C33H47N5O3.ClH/c1-4-5-18-36-31(32(40)34-30(33(36)41)26-12-8-6-9-13-26)27-16-19-35(20-17-27)23-38-24(2)21-37(29(22-39)25(38)3)28-14-10-7-11-15-28;/h7,10-11,14-15,21-22,26-27,30-31H,4-6,8-9,12-13,16-20,23H2,1-3H3,(H,34,40);1H/t30-,31-;/m0./s1. The van der Waals surface area contributed by atoms with Crippen LogP contribution in [-0.2, 0) is 14.4 Å². The molecule has 0 unspecified atom stereocenters. The Morgan fingerprint density at radius 1 is 0.952 bits per heavy atom. The first kappa shape index (κ1) is 32.1. The second kappa shape index (κ2) is 14.6. The third kappa shape index (κ3) is 6.70. The maximum atomic E-state index is 13.8. The molecule has 1 aromatic carbocycles. The predicted molar refractivity (Wildman–Crippen MR) is 169 cm³/mol. The van der Waals surface area contributed by atoms with Crippen molar-refractivity contribution in [2.45, 2.75) is 90.6 Å². The second-order valence-electron chi connectivity index (χ2n) is 12.3. The molecule has 2 saturated heterocycles. The number of likely N-dealkylation sites (tertiary alicyclic amines) is 1. The highest BCUT2D eigenvalue weighted by Crippen LogP contribution is 2.34. The predicted octanol–water partition coefficient (Wildman–Crippen LogP) is 5.27. The zero-order chi connectivity index (χ0) is 28.9. The summed E-state index contributed by atoms with van der Waals surface area (Å²) >= 11 is 0. The van der Waals surface area contributed by atoms with E-state index in [0.717, 1.165) is 87.8 Å². The number of rotatable bonds is 9. The molecule has 3 fully saturated rings. The number of carbonyl (C=O) groups excluding carboxylic acids is 3. The smallest absolute Gasteiger partial charge is 0.246 e. The number of piperidine rings is 1. The molecule has 9 heteroatoms. The summed E-state index contributed by atoms with van der Waals surface area (Å²) in [5.74, 6) is 0.642. The molecule has 2 atom stereocenters. The van der Waals surface area contributed by atoms with Crippen LogP contribution in [0.25, 0.3) is 0 Å². The Balaban J connectivity index is 0.00000405. The summed E-state index contributed by atoms with van der Waals surface area (Å²) < 4.78 is 0. The van der Waals surface area contributed by atoms with Gasteiger partial charge >= 0.3 is 0 Å². The highest BCUT2D eigenvalue weighted by molar-refractivity contribution is 5.97. The number of benzene rings is 1. The highest BCUT2D eigenvalue weighted by Gasteiger charge is 2.47. The van der Waals surface area contributed by atoms with Gasteiger partial charge in [0.15, 0.2) is 6.29 Å². The van der Waals surface area contributed by atoms with Crippen LogP contribution >= 0.6 is 12.4 Å². The third-order valence-corrected chi connectivity index (χ3v) is 9.67. The zero-order valence-electron chi connectivity index (χ0n) is 25.5. The molecular weight excluding hydrogens is 550 g/mol. The van der Waals surface area contributed by atoms with E-state index in [2.05, 4.69) is 29.0 Å². The molecule has 5 rings (SSSR count). The van der Waals surface area contributed by atoms with E-state index in [4.69, 9.17) is 0 Å². The lowest BCUT2D eigenvalue weighted by molar-refractivity contribution is -0.154. The number of para-hydroxylation sites is 1. The zero-order valence-corrected chi connectivity index (χ0v) is 26.3. The molecule has 1 N–H and O–H groups in total. The van der Waals surface area contributed by atoms with Crippen LogP contribution in [0.3, 0.4) is 0 Å². The molecule has 4 aliphatic rings. The van der Waals surface area contributed by atoms with E-state index in [1.807, 2.05) is 53.3 Å². The SMILES string of the molecule is CCCCN1C(=O)[C@H](C2CCCCC2)NC(=O)[C@@H]1C1CCN(CN2C(C)=CN(c3ccccc3)C(C=O)=C2C)CC1.Cl. The minimum atomic E-state index is -0.365. The maximum Gasteiger partial charge on any atom is 0.246 e. The van der Waals surface area contributed by atoms with Crippen molar-refractivity contribution in [2.75, 3.05) is 31.2 Å². The summed E-state index contributed by atoms with van der Waals surface area (Å²) in [5.41, 5.74) is 3.62. The molecule has 3 heterocycles. The van der Waals surface area contributed by atoms with Gasteiger partial charge in [0.1, 0.15) is 17.8 Å². The van der Waals surface area contributed by atoms with Gasteiger partial charge in [-0.05, 0) is 69.9 Å². The largest absolute Gasteiger partial charge is 0.342 e. The van der Waals surface area contributed by atoms with Crippen molar-refractivity contribution in [3.05, 3.63) is 53.6 Å². The summed E-state index contributed by atoms with van der Waals surface area (Å²) in [6, 6.07) is 9.24. The van der Waals surface area contributed by atoms with Crippen LogP contribution in [0.4, 0.5) is 5.69 Å². The fraction of sp³-hybridized carbons (Fsp3) is 0.606. The van der Waals surface area contributed by atoms with Gasteiger partial charge in [-0.2, -0.15) is 0 Å². The number of aldehydes is 1. The maximum absolute atomic E-state index is 13.8. The minimum Gasteiger partial charge on any atom is -0.342 e. The van der Waals surface area contributed by atoms with E-state index >= 15 is 0 Å². The number of nitrogens with one attached hydrogen (secondary N) is 1. The average Bonchev–Trinajstić information content (AvgIpc) is 3.00. The normalized spacial score (nSPS) is 24.8. The fourth-order valence-corrected chi connectivity index (χ4v) is 7.27.